The molecule has 0 radical (unpaired) electrons. The Kier molecular flexibility index (Phi) is 5.40. The molecule has 2 heterocycles. The van der Waals surface area contributed by atoms with Crippen LogP contribution in [0.1, 0.15) is 71.9 Å². The van der Waals surface area contributed by atoms with Crippen molar-refractivity contribution < 1.29 is 13.7 Å². The second-order valence-corrected chi connectivity index (χ2v) is 16.0. The van der Waals surface area contributed by atoms with Crippen molar-refractivity contribution in [3.63, 3.8) is 0 Å². The van der Waals surface area contributed by atoms with E-state index in [-0.39, 0.29) is 33.1 Å². The molecule has 53 heavy (non-hydrogen) atoms. The predicted molar refractivity (Wildman–Crippen MR) is 228 cm³/mol. The first kappa shape index (κ1) is 23.7. The van der Waals surface area contributed by atoms with Gasteiger partial charge in [-0.25, -0.2) is 0 Å². The standard InChI is InChI=1S/C51H46N2/c1-33-45(53-47-25-22-38(50(2,3)4)31-43(47)44-32-39(51(5,6)7)23-26-48(44)53)27-24-42-41-20-14-15-21-46(41)52(49(33)42)40-29-36(34-16-10-8-11-17-34)28-37(30-40)35-18-12-9-13-19-35/h8-32H,1-7H3/i8D,9D,10D,11D,12D,13D,16D,17D,18D,19D. The molecule has 0 N–H and O–H groups in total. The van der Waals surface area contributed by atoms with Crippen LogP contribution in [0.3, 0.4) is 0 Å². The molecule has 0 saturated carbocycles. The summed E-state index contributed by atoms with van der Waals surface area (Å²) >= 11 is 0. The highest BCUT2D eigenvalue weighted by Crippen LogP contribution is 2.42. The number of hydrogen-bond acceptors (Lipinski definition) is 0. The van der Waals surface area contributed by atoms with E-state index in [4.69, 9.17) is 13.7 Å². The molecule has 0 aliphatic heterocycles. The lowest BCUT2D eigenvalue weighted by molar-refractivity contribution is 0.590. The molecule has 9 aromatic rings. The fourth-order valence-corrected chi connectivity index (χ4v) is 7.76. The molecular weight excluding hydrogens is 641 g/mol. The summed E-state index contributed by atoms with van der Waals surface area (Å²) in [6, 6.07) is 26.0. The molecule has 0 aliphatic carbocycles. The first-order valence-corrected chi connectivity index (χ1v) is 18.0. The molecule has 0 unspecified atom stereocenters. The van der Waals surface area contributed by atoms with Crippen molar-refractivity contribution in [1.29, 1.82) is 0 Å². The highest BCUT2D eigenvalue weighted by Gasteiger charge is 2.23. The molecule has 2 heteroatoms. The number of para-hydroxylation sites is 1. The van der Waals surface area contributed by atoms with Crippen molar-refractivity contribution in [3.05, 3.63) is 168 Å². The maximum atomic E-state index is 8.96. The lowest BCUT2D eigenvalue weighted by Crippen LogP contribution is -2.10. The Bertz CT molecular complexity index is 3220. The molecule has 0 saturated heterocycles. The van der Waals surface area contributed by atoms with E-state index in [1.807, 2.05) is 24.3 Å². The Morgan fingerprint density at radius 3 is 1.49 bits per heavy atom. The van der Waals surface area contributed by atoms with Crippen molar-refractivity contribution in [2.45, 2.75) is 59.3 Å². The molecule has 0 atom stereocenters. The summed E-state index contributed by atoms with van der Waals surface area (Å²) in [5.41, 5.74) is 8.86. The quantitative estimate of drug-likeness (QED) is 0.173. The topological polar surface area (TPSA) is 9.86 Å². The summed E-state index contributed by atoms with van der Waals surface area (Å²) in [7, 11) is 0. The summed E-state index contributed by atoms with van der Waals surface area (Å²) in [6.45, 7) is 15.4. The Labute approximate surface area is 327 Å². The first-order chi connectivity index (χ1) is 29.6. The van der Waals surface area contributed by atoms with E-state index in [1.54, 1.807) is 18.2 Å². The Morgan fingerprint density at radius 2 is 0.962 bits per heavy atom. The van der Waals surface area contributed by atoms with E-state index >= 15 is 0 Å². The molecule has 0 spiro atoms. The maximum Gasteiger partial charge on any atom is 0.0629 e. The van der Waals surface area contributed by atoms with Gasteiger partial charge in [0.2, 0.25) is 0 Å². The zero-order valence-electron chi connectivity index (χ0n) is 41.1. The third kappa shape index (κ3) is 5.47. The number of aryl methyl sites for hydroxylation is 1. The molecule has 260 valence electrons. The average molecular weight is 697 g/mol. The smallest absolute Gasteiger partial charge is 0.0629 e. The Balaban J connectivity index is 1.42. The van der Waals surface area contributed by atoms with Gasteiger partial charge in [-0.1, -0.05) is 138 Å². The predicted octanol–water partition coefficient (Wildman–Crippen LogP) is 14.1. The van der Waals surface area contributed by atoms with Gasteiger partial charge in [-0.2, -0.15) is 0 Å². The van der Waals surface area contributed by atoms with Gasteiger partial charge in [0, 0.05) is 27.2 Å². The molecule has 9 rings (SSSR count). The van der Waals surface area contributed by atoms with Gasteiger partial charge in [-0.05, 0) is 111 Å². The van der Waals surface area contributed by atoms with Crippen LogP contribution >= 0.6 is 0 Å². The van der Waals surface area contributed by atoms with Gasteiger partial charge in [0.15, 0.2) is 0 Å². The Hall–Kier alpha value is -5.86. The van der Waals surface area contributed by atoms with Crippen LogP contribution in [0.5, 0.6) is 0 Å². The zero-order valence-corrected chi connectivity index (χ0v) is 31.1. The molecule has 0 amide bonds. The van der Waals surface area contributed by atoms with Gasteiger partial charge >= 0.3 is 0 Å². The fourth-order valence-electron chi connectivity index (χ4n) is 7.76. The van der Waals surface area contributed by atoms with Crippen LogP contribution in [0.2, 0.25) is 0 Å². The minimum absolute atomic E-state index is 0.0656. The largest absolute Gasteiger partial charge is 0.309 e. The summed E-state index contributed by atoms with van der Waals surface area (Å²) in [5, 5.41) is 4.21. The van der Waals surface area contributed by atoms with Crippen molar-refractivity contribution >= 4 is 43.6 Å². The normalized spacial score (nSPS) is 15.1. The number of nitrogens with zero attached hydrogens (tertiary/aromatic N) is 2. The molecule has 0 aliphatic rings. The summed E-state index contributed by atoms with van der Waals surface area (Å²) in [6.07, 6.45) is 0. The van der Waals surface area contributed by atoms with E-state index < -0.39 is 60.4 Å². The molecule has 0 fully saturated rings. The van der Waals surface area contributed by atoms with Gasteiger partial charge in [0.25, 0.3) is 0 Å². The van der Waals surface area contributed by atoms with E-state index in [0.29, 0.717) is 5.69 Å². The minimum atomic E-state index is -0.532. The van der Waals surface area contributed by atoms with Crippen LogP contribution in [-0.4, -0.2) is 9.13 Å². The first-order valence-electron chi connectivity index (χ1n) is 23.0. The number of fused-ring (bicyclic) bond motifs is 6. The zero-order chi connectivity index (χ0) is 45.3. The van der Waals surface area contributed by atoms with Crippen LogP contribution in [0.25, 0.3) is 77.2 Å². The van der Waals surface area contributed by atoms with Crippen LogP contribution in [0.4, 0.5) is 0 Å². The van der Waals surface area contributed by atoms with Gasteiger partial charge in [-0.15, -0.1) is 0 Å². The number of benzene rings is 7. The van der Waals surface area contributed by atoms with Crippen molar-refractivity contribution in [3.8, 4) is 33.6 Å². The second-order valence-electron chi connectivity index (χ2n) is 16.0. The monoisotopic (exact) mass is 696 g/mol. The fraction of sp³-hybridized carbons (Fsp3) is 0.176. The Morgan fingerprint density at radius 1 is 0.453 bits per heavy atom. The van der Waals surface area contributed by atoms with Gasteiger partial charge in [-0.3, -0.25) is 0 Å². The molecule has 2 aromatic heterocycles. The lowest BCUT2D eigenvalue weighted by Gasteiger charge is -2.19. The third-order valence-corrected chi connectivity index (χ3v) is 10.6. The van der Waals surface area contributed by atoms with Crippen LogP contribution in [0.15, 0.2) is 151 Å². The van der Waals surface area contributed by atoms with Crippen molar-refractivity contribution in [1.82, 2.24) is 9.13 Å². The highest BCUT2D eigenvalue weighted by molar-refractivity contribution is 6.13. The third-order valence-electron chi connectivity index (χ3n) is 10.6. The molecule has 0 bridgehead atoms. The molecular formula is C51H46N2. The van der Waals surface area contributed by atoms with Gasteiger partial charge in [0.05, 0.1) is 41.5 Å². The lowest BCUT2D eigenvalue weighted by atomic mass is 9.85. The average Bonchev–Trinajstić information content (AvgIpc) is 3.76. The summed E-state index contributed by atoms with van der Waals surface area (Å²) in [5.74, 6) is 0. The van der Waals surface area contributed by atoms with Crippen LogP contribution in [-0.2, 0) is 10.8 Å². The van der Waals surface area contributed by atoms with Crippen LogP contribution in [0, 0.1) is 6.92 Å². The molecule has 2 nitrogen and oxygen atoms in total. The highest BCUT2D eigenvalue weighted by atomic mass is 15.0. The van der Waals surface area contributed by atoms with Crippen molar-refractivity contribution in [2.75, 3.05) is 0 Å². The molecule has 7 aromatic carbocycles. The van der Waals surface area contributed by atoms with E-state index in [0.717, 1.165) is 54.9 Å². The van der Waals surface area contributed by atoms with E-state index in [1.165, 1.54) is 11.1 Å². The van der Waals surface area contributed by atoms with E-state index in [9.17, 15) is 0 Å². The second kappa shape index (κ2) is 12.1. The summed E-state index contributed by atoms with van der Waals surface area (Å²) in [4.78, 5) is 0. The van der Waals surface area contributed by atoms with Crippen molar-refractivity contribution in [2.24, 2.45) is 0 Å². The SMILES string of the molecule is [2H]c1c([2H])c([2H])c(-c2cc(-c3c([2H])c([2H])c([2H])c([2H])c3[2H])cc(-n3c4ccccc4c4ccc(-n5c6ccc(C(C)(C)C)cc6c6cc(C(C)(C)C)ccc65)c(C)c43)c2)c([2H])c1[2H]. The number of aromatic nitrogens is 2. The minimum Gasteiger partial charge on any atom is -0.309 e. The van der Waals surface area contributed by atoms with Gasteiger partial charge < -0.3 is 9.13 Å². The van der Waals surface area contributed by atoms with E-state index in [2.05, 4.69) is 106 Å². The number of rotatable bonds is 4. The maximum absolute atomic E-state index is 8.96. The number of hydrogen-bond donors (Lipinski definition) is 0. The van der Waals surface area contributed by atoms with Gasteiger partial charge in [0.1, 0.15) is 0 Å². The summed E-state index contributed by atoms with van der Waals surface area (Å²) < 4.78 is 91.0. The van der Waals surface area contributed by atoms with Crippen LogP contribution < -0.4 is 0 Å².